The van der Waals surface area contributed by atoms with Crippen LogP contribution >= 0.6 is 0 Å². The minimum Gasteiger partial charge on any atom is -0.362 e. The monoisotopic (exact) mass is 352 g/mol. The Balaban J connectivity index is 1.65. The van der Waals surface area contributed by atoms with Crippen molar-refractivity contribution < 1.29 is 9.05 Å². The summed E-state index contributed by atoms with van der Waals surface area (Å²) < 4.78 is 10.9. The minimum atomic E-state index is 0.496. The van der Waals surface area contributed by atoms with E-state index in [-0.39, 0.29) is 0 Å². The lowest BCUT2D eigenvalue weighted by atomic mass is 10.1. The van der Waals surface area contributed by atoms with Gasteiger partial charge < -0.3 is 18.8 Å². The molecule has 3 heterocycles. The van der Waals surface area contributed by atoms with Gasteiger partial charge in [-0.1, -0.05) is 29.4 Å². The Bertz CT molecular complexity index is 814. The van der Waals surface area contributed by atoms with Crippen LogP contribution in [0.3, 0.4) is 0 Å². The highest BCUT2D eigenvalue weighted by Crippen LogP contribution is 2.35. The van der Waals surface area contributed by atoms with Crippen LogP contribution in [-0.4, -0.2) is 23.4 Å². The van der Waals surface area contributed by atoms with Crippen LogP contribution in [0.15, 0.2) is 45.4 Å². The van der Waals surface area contributed by atoms with Crippen LogP contribution in [0.2, 0.25) is 0 Å². The highest BCUT2D eigenvalue weighted by molar-refractivity contribution is 5.72. The number of benzene rings is 1. The molecule has 0 atom stereocenters. The first-order valence-electron chi connectivity index (χ1n) is 9.02. The van der Waals surface area contributed by atoms with Gasteiger partial charge in [0, 0.05) is 25.2 Å². The lowest BCUT2D eigenvalue weighted by Crippen LogP contribution is -2.30. The second kappa shape index (κ2) is 6.86. The molecule has 6 heteroatoms. The summed E-state index contributed by atoms with van der Waals surface area (Å²) in [4.78, 5) is 4.76. The molecule has 0 radical (unpaired) electrons. The summed E-state index contributed by atoms with van der Waals surface area (Å²) in [5.74, 6) is 2.28. The maximum absolute atomic E-state index is 5.45. The third kappa shape index (κ3) is 3.45. The Hall–Kier alpha value is -2.76. The summed E-state index contributed by atoms with van der Waals surface area (Å²) in [6, 6.07) is 12.5. The Labute approximate surface area is 153 Å². The molecule has 0 spiro atoms. The van der Waals surface area contributed by atoms with Gasteiger partial charge in [0.15, 0.2) is 11.5 Å². The average Bonchev–Trinajstić information content (AvgIpc) is 3.18. The molecule has 1 aliphatic rings. The summed E-state index contributed by atoms with van der Waals surface area (Å²) in [6.45, 7) is 9.55. The van der Waals surface area contributed by atoms with E-state index in [0.29, 0.717) is 5.92 Å². The van der Waals surface area contributed by atoms with Gasteiger partial charge in [-0.05, 0) is 31.9 Å². The zero-order valence-electron chi connectivity index (χ0n) is 15.5. The van der Waals surface area contributed by atoms with Crippen molar-refractivity contribution in [3.8, 4) is 0 Å². The van der Waals surface area contributed by atoms with Crippen LogP contribution in [0.1, 0.15) is 29.8 Å². The molecule has 0 unspecified atom stereocenters. The van der Waals surface area contributed by atoms with E-state index in [1.807, 2.05) is 26.0 Å². The highest BCUT2D eigenvalue weighted by Gasteiger charge is 2.25. The van der Waals surface area contributed by atoms with Crippen molar-refractivity contribution in [3.05, 3.63) is 59.3 Å². The second-order valence-corrected chi connectivity index (χ2v) is 7.22. The second-order valence-electron chi connectivity index (χ2n) is 7.22. The molecule has 1 aromatic carbocycles. The number of para-hydroxylation sites is 2. The SMILES string of the molecule is Cc1cc(CN2CC(C)CN(Cc3cc(C)no3)c3ccccc32)on1. The zero-order valence-corrected chi connectivity index (χ0v) is 15.5. The number of anilines is 2. The number of hydrogen-bond acceptors (Lipinski definition) is 6. The van der Waals surface area contributed by atoms with Gasteiger partial charge in [0.25, 0.3) is 0 Å². The van der Waals surface area contributed by atoms with Gasteiger partial charge in [-0.2, -0.15) is 0 Å². The molecular formula is C20H24N4O2. The first-order chi connectivity index (χ1) is 12.6. The molecular weight excluding hydrogens is 328 g/mol. The molecule has 0 aliphatic carbocycles. The van der Waals surface area contributed by atoms with Gasteiger partial charge in [-0.25, -0.2) is 0 Å². The molecule has 0 bridgehead atoms. The van der Waals surface area contributed by atoms with Crippen LogP contribution in [0.5, 0.6) is 0 Å². The Morgan fingerprint density at radius 1 is 0.885 bits per heavy atom. The van der Waals surface area contributed by atoms with Crippen molar-refractivity contribution in [2.24, 2.45) is 5.92 Å². The van der Waals surface area contributed by atoms with Gasteiger partial charge in [0.2, 0.25) is 0 Å². The van der Waals surface area contributed by atoms with Crippen molar-refractivity contribution in [1.29, 1.82) is 0 Å². The van der Waals surface area contributed by atoms with Crippen LogP contribution in [0.4, 0.5) is 11.4 Å². The molecule has 6 nitrogen and oxygen atoms in total. The largest absolute Gasteiger partial charge is 0.362 e. The van der Waals surface area contributed by atoms with Gasteiger partial charge in [0.1, 0.15) is 0 Å². The fourth-order valence-electron chi connectivity index (χ4n) is 3.66. The van der Waals surface area contributed by atoms with Crippen LogP contribution in [0.25, 0.3) is 0 Å². The highest BCUT2D eigenvalue weighted by atomic mass is 16.5. The van der Waals surface area contributed by atoms with Crippen LogP contribution in [-0.2, 0) is 13.1 Å². The fourth-order valence-corrected chi connectivity index (χ4v) is 3.66. The van der Waals surface area contributed by atoms with Gasteiger partial charge in [0.05, 0.1) is 35.9 Å². The molecule has 2 aromatic heterocycles. The fraction of sp³-hybridized carbons (Fsp3) is 0.400. The lowest BCUT2D eigenvalue weighted by Gasteiger charge is -2.26. The first kappa shape index (κ1) is 16.7. The Morgan fingerprint density at radius 2 is 1.35 bits per heavy atom. The number of aromatic nitrogens is 2. The molecule has 26 heavy (non-hydrogen) atoms. The molecule has 0 amide bonds. The van der Waals surface area contributed by atoms with Crippen LogP contribution < -0.4 is 9.80 Å². The van der Waals surface area contributed by atoms with Gasteiger partial charge in [-0.3, -0.25) is 0 Å². The maximum atomic E-state index is 5.45. The predicted molar refractivity (Wildman–Crippen MR) is 100 cm³/mol. The third-order valence-electron chi connectivity index (χ3n) is 4.67. The van der Waals surface area contributed by atoms with Crippen molar-refractivity contribution in [2.45, 2.75) is 33.9 Å². The minimum absolute atomic E-state index is 0.496. The normalized spacial score (nSPS) is 15.2. The molecule has 136 valence electrons. The Kier molecular flexibility index (Phi) is 4.41. The number of aryl methyl sites for hydroxylation is 2. The quantitative estimate of drug-likeness (QED) is 0.709. The summed E-state index contributed by atoms with van der Waals surface area (Å²) in [5.41, 5.74) is 4.25. The average molecular weight is 352 g/mol. The van der Waals surface area contributed by atoms with E-state index in [0.717, 1.165) is 49.1 Å². The summed E-state index contributed by atoms with van der Waals surface area (Å²) in [5, 5.41) is 8.04. The molecule has 0 N–H and O–H groups in total. The third-order valence-corrected chi connectivity index (χ3v) is 4.67. The lowest BCUT2D eigenvalue weighted by molar-refractivity contribution is 0.372. The van der Waals surface area contributed by atoms with Gasteiger partial charge >= 0.3 is 0 Å². The van der Waals surface area contributed by atoms with E-state index < -0.39 is 0 Å². The summed E-state index contributed by atoms with van der Waals surface area (Å²) >= 11 is 0. The topological polar surface area (TPSA) is 58.5 Å². The van der Waals surface area contributed by atoms with Crippen molar-refractivity contribution in [2.75, 3.05) is 22.9 Å². The summed E-state index contributed by atoms with van der Waals surface area (Å²) in [7, 11) is 0. The predicted octanol–water partition coefficient (Wildman–Crippen LogP) is 3.94. The van der Waals surface area contributed by atoms with E-state index in [2.05, 4.69) is 51.3 Å². The number of hydrogen-bond donors (Lipinski definition) is 0. The number of rotatable bonds is 4. The van der Waals surface area contributed by atoms with Crippen molar-refractivity contribution >= 4 is 11.4 Å². The molecule has 0 fully saturated rings. The van der Waals surface area contributed by atoms with Crippen LogP contribution in [0, 0.1) is 19.8 Å². The van der Waals surface area contributed by atoms with E-state index in [1.165, 1.54) is 11.4 Å². The van der Waals surface area contributed by atoms with Crippen molar-refractivity contribution in [1.82, 2.24) is 10.3 Å². The summed E-state index contributed by atoms with van der Waals surface area (Å²) in [6.07, 6.45) is 0. The maximum Gasteiger partial charge on any atom is 0.156 e. The van der Waals surface area contributed by atoms with E-state index >= 15 is 0 Å². The zero-order chi connectivity index (χ0) is 18.1. The van der Waals surface area contributed by atoms with Crippen molar-refractivity contribution in [3.63, 3.8) is 0 Å². The van der Waals surface area contributed by atoms with Gasteiger partial charge in [-0.15, -0.1) is 0 Å². The molecule has 0 saturated heterocycles. The number of nitrogens with zero attached hydrogens (tertiary/aromatic N) is 4. The van der Waals surface area contributed by atoms with E-state index in [9.17, 15) is 0 Å². The smallest absolute Gasteiger partial charge is 0.156 e. The molecule has 0 saturated carbocycles. The molecule has 4 rings (SSSR count). The molecule has 3 aromatic rings. The van der Waals surface area contributed by atoms with E-state index in [4.69, 9.17) is 9.05 Å². The first-order valence-corrected chi connectivity index (χ1v) is 9.02. The number of fused-ring (bicyclic) bond motifs is 1. The molecule has 1 aliphatic heterocycles. The van der Waals surface area contributed by atoms with E-state index in [1.54, 1.807) is 0 Å². The Morgan fingerprint density at radius 3 is 1.73 bits per heavy atom. The standard InChI is InChI=1S/C20H24N4O2/c1-14-10-23(12-17-8-15(2)21-25-17)19-6-4-5-7-20(19)24(11-14)13-18-9-16(3)22-26-18/h4-9,14H,10-13H2,1-3H3.